The zero-order chi connectivity index (χ0) is 17.1. The summed E-state index contributed by atoms with van der Waals surface area (Å²) < 4.78 is 0. The molecule has 24 heavy (non-hydrogen) atoms. The third-order valence-corrected chi connectivity index (χ3v) is 5.21. The van der Waals surface area contributed by atoms with Crippen molar-refractivity contribution in [2.45, 2.75) is 24.1 Å². The Kier molecular flexibility index (Phi) is 5.07. The van der Waals surface area contributed by atoms with Gasteiger partial charge in [-0.3, -0.25) is 4.79 Å². The van der Waals surface area contributed by atoms with E-state index in [9.17, 15) is 4.79 Å². The highest BCUT2D eigenvalue weighted by Crippen LogP contribution is 2.27. The Morgan fingerprint density at radius 3 is 2.75 bits per heavy atom. The molecule has 0 bridgehead atoms. The van der Waals surface area contributed by atoms with E-state index in [1.807, 2.05) is 68.4 Å². The molecular formula is C19H17ClN2OS. The maximum absolute atomic E-state index is 12.4. The number of nitrogens with one attached hydrogen (secondary N) is 1. The van der Waals surface area contributed by atoms with Gasteiger partial charge in [0.25, 0.3) is 0 Å². The van der Waals surface area contributed by atoms with Crippen LogP contribution in [0.3, 0.4) is 0 Å². The van der Waals surface area contributed by atoms with Crippen LogP contribution in [-0.4, -0.2) is 16.1 Å². The van der Waals surface area contributed by atoms with Gasteiger partial charge in [0.2, 0.25) is 5.91 Å². The number of nitrogens with zero attached hydrogens (tertiary/aromatic N) is 1. The van der Waals surface area contributed by atoms with Crippen LogP contribution in [0.15, 0.2) is 59.6 Å². The highest BCUT2D eigenvalue weighted by Gasteiger charge is 2.16. The first kappa shape index (κ1) is 16.8. The van der Waals surface area contributed by atoms with Gasteiger partial charge in [-0.1, -0.05) is 53.7 Å². The number of hydrogen-bond donors (Lipinski definition) is 1. The second-order valence-electron chi connectivity index (χ2n) is 5.50. The maximum Gasteiger partial charge on any atom is 0.237 e. The van der Waals surface area contributed by atoms with E-state index in [1.54, 1.807) is 0 Å². The standard InChI is InChI=1S/C19H17ClN2OS/c1-12-15(20)7-5-9-16(12)22-19(23)13(2)24-18-11-10-14-6-3-4-8-17(14)21-18/h3-11,13H,1-2H3,(H,22,23). The van der Waals surface area contributed by atoms with Crippen molar-refractivity contribution < 1.29 is 4.79 Å². The van der Waals surface area contributed by atoms with Crippen LogP contribution < -0.4 is 5.32 Å². The molecule has 5 heteroatoms. The van der Waals surface area contributed by atoms with Crippen molar-refractivity contribution in [3.05, 3.63) is 65.2 Å². The number of rotatable bonds is 4. The van der Waals surface area contributed by atoms with Crippen LogP contribution in [0.4, 0.5) is 5.69 Å². The first-order valence-corrected chi connectivity index (χ1v) is 8.89. The number of carbonyl (C=O) groups is 1. The topological polar surface area (TPSA) is 42.0 Å². The average Bonchev–Trinajstić information content (AvgIpc) is 2.58. The number of benzene rings is 2. The van der Waals surface area contributed by atoms with Crippen molar-refractivity contribution in [1.82, 2.24) is 4.98 Å². The molecule has 0 saturated carbocycles. The van der Waals surface area contributed by atoms with E-state index in [-0.39, 0.29) is 11.2 Å². The van der Waals surface area contributed by atoms with Crippen LogP contribution in [0.5, 0.6) is 0 Å². The normalized spacial score (nSPS) is 12.1. The van der Waals surface area contributed by atoms with Gasteiger partial charge in [-0.05, 0) is 43.7 Å². The fourth-order valence-electron chi connectivity index (χ4n) is 2.32. The summed E-state index contributed by atoms with van der Waals surface area (Å²) in [7, 11) is 0. The molecule has 3 aromatic rings. The molecule has 2 aromatic carbocycles. The molecular weight excluding hydrogens is 340 g/mol. The van der Waals surface area contributed by atoms with E-state index in [2.05, 4.69) is 10.3 Å². The van der Waals surface area contributed by atoms with Crippen molar-refractivity contribution in [2.75, 3.05) is 5.32 Å². The van der Waals surface area contributed by atoms with Gasteiger partial charge in [0.1, 0.15) is 0 Å². The Morgan fingerprint density at radius 1 is 1.12 bits per heavy atom. The van der Waals surface area contributed by atoms with Crippen molar-refractivity contribution in [2.24, 2.45) is 0 Å². The lowest BCUT2D eigenvalue weighted by molar-refractivity contribution is -0.115. The summed E-state index contributed by atoms with van der Waals surface area (Å²) in [6.07, 6.45) is 0. The number of para-hydroxylation sites is 1. The fraction of sp³-hybridized carbons (Fsp3) is 0.158. The number of halogens is 1. The smallest absolute Gasteiger partial charge is 0.237 e. The van der Waals surface area contributed by atoms with Crippen LogP contribution in [0.1, 0.15) is 12.5 Å². The van der Waals surface area contributed by atoms with E-state index < -0.39 is 0 Å². The van der Waals surface area contributed by atoms with Gasteiger partial charge in [-0.15, -0.1) is 0 Å². The summed E-state index contributed by atoms with van der Waals surface area (Å²) in [6.45, 7) is 3.76. The lowest BCUT2D eigenvalue weighted by Gasteiger charge is -2.14. The Balaban J connectivity index is 1.72. The monoisotopic (exact) mass is 356 g/mol. The summed E-state index contributed by atoms with van der Waals surface area (Å²) in [5, 5.41) is 5.24. The summed E-state index contributed by atoms with van der Waals surface area (Å²) in [5.41, 5.74) is 2.54. The summed E-state index contributed by atoms with van der Waals surface area (Å²) in [6, 6.07) is 17.4. The molecule has 0 spiro atoms. The van der Waals surface area contributed by atoms with Gasteiger partial charge in [0.05, 0.1) is 15.8 Å². The second-order valence-corrected chi connectivity index (χ2v) is 7.27. The molecule has 1 atom stereocenters. The quantitative estimate of drug-likeness (QED) is 0.643. The fourth-order valence-corrected chi connectivity index (χ4v) is 3.33. The van der Waals surface area contributed by atoms with Gasteiger partial charge in [-0.2, -0.15) is 0 Å². The van der Waals surface area contributed by atoms with Crippen LogP contribution in [-0.2, 0) is 4.79 Å². The zero-order valence-corrected chi connectivity index (χ0v) is 15.0. The minimum absolute atomic E-state index is 0.0691. The van der Waals surface area contributed by atoms with Crippen molar-refractivity contribution in [3.63, 3.8) is 0 Å². The Hall–Kier alpha value is -2.04. The third-order valence-electron chi connectivity index (χ3n) is 3.77. The van der Waals surface area contributed by atoms with Crippen LogP contribution in [0.25, 0.3) is 10.9 Å². The van der Waals surface area contributed by atoms with Crippen molar-refractivity contribution >= 4 is 45.9 Å². The summed E-state index contributed by atoms with van der Waals surface area (Å²) >= 11 is 7.54. The molecule has 0 aliphatic heterocycles. The lowest BCUT2D eigenvalue weighted by Crippen LogP contribution is -2.23. The highest BCUT2D eigenvalue weighted by molar-refractivity contribution is 8.00. The highest BCUT2D eigenvalue weighted by atomic mass is 35.5. The molecule has 1 amide bonds. The Morgan fingerprint density at radius 2 is 1.92 bits per heavy atom. The molecule has 0 saturated heterocycles. The van der Waals surface area contributed by atoms with E-state index in [0.29, 0.717) is 5.02 Å². The van der Waals surface area contributed by atoms with E-state index in [1.165, 1.54) is 11.8 Å². The lowest BCUT2D eigenvalue weighted by atomic mass is 10.2. The van der Waals surface area contributed by atoms with Gasteiger partial charge in [0.15, 0.2) is 0 Å². The van der Waals surface area contributed by atoms with Crippen molar-refractivity contribution in [1.29, 1.82) is 0 Å². The molecule has 1 heterocycles. The average molecular weight is 357 g/mol. The van der Waals surface area contributed by atoms with Crippen LogP contribution in [0.2, 0.25) is 5.02 Å². The molecule has 122 valence electrons. The largest absolute Gasteiger partial charge is 0.325 e. The second kappa shape index (κ2) is 7.24. The first-order valence-electron chi connectivity index (χ1n) is 7.63. The van der Waals surface area contributed by atoms with Crippen molar-refractivity contribution in [3.8, 4) is 0 Å². The molecule has 1 aromatic heterocycles. The Labute approximate surface area is 150 Å². The maximum atomic E-state index is 12.4. The molecule has 3 rings (SSSR count). The van der Waals surface area contributed by atoms with E-state index >= 15 is 0 Å². The molecule has 0 fully saturated rings. The van der Waals surface area contributed by atoms with Gasteiger partial charge >= 0.3 is 0 Å². The minimum atomic E-state index is -0.267. The zero-order valence-electron chi connectivity index (χ0n) is 13.4. The predicted octanol–water partition coefficient (Wildman–Crippen LogP) is 5.32. The van der Waals surface area contributed by atoms with E-state index in [0.717, 1.165) is 27.2 Å². The van der Waals surface area contributed by atoms with Gasteiger partial charge in [0, 0.05) is 16.1 Å². The number of fused-ring (bicyclic) bond motifs is 1. The molecule has 0 radical (unpaired) electrons. The van der Waals surface area contributed by atoms with Gasteiger partial charge in [-0.25, -0.2) is 4.98 Å². The number of amides is 1. The number of aromatic nitrogens is 1. The molecule has 1 N–H and O–H groups in total. The number of hydrogen-bond acceptors (Lipinski definition) is 3. The third kappa shape index (κ3) is 3.71. The minimum Gasteiger partial charge on any atom is -0.325 e. The van der Waals surface area contributed by atoms with Crippen LogP contribution >= 0.6 is 23.4 Å². The summed E-state index contributed by atoms with van der Waals surface area (Å²) in [5.74, 6) is -0.0691. The van der Waals surface area contributed by atoms with E-state index in [4.69, 9.17) is 11.6 Å². The molecule has 3 nitrogen and oxygen atoms in total. The first-order chi connectivity index (χ1) is 11.5. The SMILES string of the molecule is Cc1c(Cl)cccc1NC(=O)C(C)Sc1ccc2ccccc2n1. The number of carbonyl (C=O) groups excluding carboxylic acids is 1. The molecule has 1 unspecified atom stereocenters. The molecule has 0 aliphatic rings. The number of thioether (sulfide) groups is 1. The van der Waals surface area contributed by atoms with Crippen LogP contribution in [0, 0.1) is 6.92 Å². The van der Waals surface area contributed by atoms with Gasteiger partial charge < -0.3 is 5.32 Å². The number of anilines is 1. The predicted molar refractivity (Wildman–Crippen MR) is 102 cm³/mol. The summed E-state index contributed by atoms with van der Waals surface area (Å²) in [4.78, 5) is 17.0. The molecule has 0 aliphatic carbocycles. The Bertz CT molecular complexity index is 897. The number of pyridine rings is 1.